The van der Waals surface area contributed by atoms with Crippen molar-refractivity contribution in [3.05, 3.63) is 54.0 Å². The van der Waals surface area contributed by atoms with E-state index in [1.165, 1.54) is 11.1 Å². The molecule has 0 aliphatic rings. The molecule has 2 N–H and O–H groups in total. The molecule has 0 unspecified atom stereocenters. The molecule has 1 heterocycles. The molecule has 4 heteroatoms. The van der Waals surface area contributed by atoms with Crippen molar-refractivity contribution < 1.29 is 9.15 Å². The molecule has 4 nitrogen and oxygen atoms in total. The summed E-state index contributed by atoms with van der Waals surface area (Å²) < 4.78 is 10.8. The van der Waals surface area contributed by atoms with Crippen LogP contribution in [-0.2, 0) is 13.0 Å². The van der Waals surface area contributed by atoms with Gasteiger partial charge >= 0.3 is 0 Å². The normalized spacial score (nSPS) is 10.9. The van der Waals surface area contributed by atoms with Crippen molar-refractivity contribution >= 4 is 0 Å². The molecule has 0 saturated carbocycles. The Morgan fingerprint density at radius 2 is 1.95 bits per heavy atom. The predicted molar refractivity (Wildman–Crippen MR) is 79.7 cm³/mol. The SMILES string of the molecule is CN(CCOc1ccc(CCN)cc1)Cc1ccoc1. The molecule has 0 aliphatic carbocycles. The molecule has 1 aromatic carbocycles. The van der Waals surface area contributed by atoms with Gasteiger partial charge in [-0.25, -0.2) is 0 Å². The Hall–Kier alpha value is -1.78. The van der Waals surface area contributed by atoms with Crippen LogP contribution in [0, 0.1) is 0 Å². The summed E-state index contributed by atoms with van der Waals surface area (Å²) in [5.41, 5.74) is 7.95. The van der Waals surface area contributed by atoms with E-state index in [-0.39, 0.29) is 0 Å². The summed E-state index contributed by atoms with van der Waals surface area (Å²) >= 11 is 0. The topological polar surface area (TPSA) is 51.6 Å². The number of furan rings is 1. The van der Waals surface area contributed by atoms with E-state index in [1.807, 2.05) is 18.2 Å². The number of hydrogen-bond acceptors (Lipinski definition) is 4. The van der Waals surface area contributed by atoms with Gasteiger partial charge in [0.1, 0.15) is 12.4 Å². The molecule has 0 fully saturated rings. The summed E-state index contributed by atoms with van der Waals surface area (Å²) in [7, 11) is 2.07. The van der Waals surface area contributed by atoms with Gasteiger partial charge < -0.3 is 14.9 Å². The second kappa shape index (κ2) is 7.72. The zero-order valence-electron chi connectivity index (χ0n) is 11.9. The van der Waals surface area contributed by atoms with Crippen LogP contribution in [0.2, 0.25) is 0 Å². The second-order valence-corrected chi connectivity index (χ2v) is 4.90. The Kier molecular flexibility index (Phi) is 5.65. The van der Waals surface area contributed by atoms with Gasteiger partial charge in [-0.1, -0.05) is 12.1 Å². The minimum atomic E-state index is 0.671. The number of ether oxygens (including phenoxy) is 1. The number of hydrogen-bond donors (Lipinski definition) is 1. The third kappa shape index (κ3) is 4.72. The van der Waals surface area contributed by atoms with E-state index in [4.69, 9.17) is 14.9 Å². The van der Waals surface area contributed by atoms with Gasteiger partial charge in [0, 0.05) is 18.7 Å². The van der Waals surface area contributed by atoms with E-state index in [0.717, 1.165) is 25.3 Å². The highest BCUT2D eigenvalue weighted by Gasteiger charge is 2.02. The van der Waals surface area contributed by atoms with Crippen LogP contribution in [-0.4, -0.2) is 31.6 Å². The largest absolute Gasteiger partial charge is 0.492 e. The first kappa shape index (κ1) is 14.6. The van der Waals surface area contributed by atoms with Crippen LogP contribution in [0.25, 0.3) is 0 Å². The number of likely N-dealkylation sites (N-methyl/N-ethyl adjacent to an activating group) is 1. The molecular formula is C16H22N2O2. The lowest BCUT2D eigenvalue weighted by molar-refractivity contribution is 0.232. The molecule has 2 rings (SSSR count). The molecule has 0 atom stereocenters. The first-order valence-electron chi connectivity index (χ1n) is 6.89. The average Bonchev–Trinajstić information content (AvgIpc) is 2.94. The molecule has 20 heavy (non-hydrogen) atoms. The smallest absolute Gasteiger partial charge is 0.119 e. The van der Waals surface area contributed by atoms with Gasteiger partial charge in [0.05, 0.1) is 12.5 Å². The highest BCUT2D eigenvalue weighted by molar-refractivity contribution is 5.27. The summed E-state index contributed by atoms with van der Waals surface area (Å²) in [5, 5.41) is 0. The van der Waals surface area contributed by atoms with E-state index in [1.54, 1.807) is 12.5 Å². The Labute approximate surface area is 120 Å². The maximum atomic E-state index is 5.73. The molecule has 0 bridgehead atoms. The minimum Gasteiger partial charge on any atom is -0.492 e. The summed E-state index contributed by atoms with van der Waals surface area (Å²) in [6, 6.07) is 10.1. The van der Waals surface area contributed by atoms with Crippen LogP contribution in [0.4, 0.5) is 0 Å². The minimum absolute atomic E-state index is 0.671. The summed E-state index contributed by atoms with van der Waals surface area (Å²) in [6.45, 7) is 3.09. The van der Waals surface area contributed by atoms with E-state index in [9.17, 15) is 0 Å². The maximum Gasteiger partial charge on any atom is 0.119 e. The van der Waals surface area contributed by atoms with E-state index in [0.29, 0.717) is 13.2 Å². The van der Waals surface area contributed by atoms with Crippen LogP contribution >= 0.6 is 0 Å². The maximum absolute atomic E-state index is 5.73. The highest BCUT2D eigenvalue weighted by Crippen LogP contribution is 2.12. The van der Waals surface area contributed by atoms with Crippen molar-refractivity contribution in [3.63, 3.8) is 0 Å². The lowest BCUT2D eigenvalue weighted by atomic mass is 10.1. The van der Waals surface area contributed by atoms with Crippen molar-refractivity contribution in [1.82, 2.24) is 4.90 Å². The van der Waals surface area contributed by atoms with Crippen molar-refractivity contribution in [2.24, 2.45) is 5.73 Å². The third-order valence-corrected chi connectivity index (χ3v) is 3.13. The first-order chi connectivity index (χ1) is 9.78. The monoisotopic (exact) mass is 274 g/mol. The van der Waals surface area contributed by atoms with Gasteiger partial charge in [0.15, 0.2) is 0 Å². The van der Waals surface area contributed by atoms with Crippen LogP contribution in [0.5, 0.6) is 5.75 Å². The molecule has 2 aromatic rings. The van der Waals surface area contributed by atoms with Gasteiger partial charge in [-0.3, -0.25) is 4.90 Å². The first-order valence-corrected chi connectivity index (χ1v) is 6.89. The molecule has 0 saturated heterocycles. The molecule has 108 valence electrons. The number of nitrogens with zero attached hydrogens (tertiary/aromatic N) is 1. The van der Waals surface area contributed by atoms with Crippen LogP contribution in [0.3, 0.4) is 0 Å². The molecule has 1 aromatic heterocycles. The zero-order chi connectivity index (χ0) is 14.2. The lowest BCUT2D eigenvalue weighted by Crippen LogP contribution is -2.23. The zero-order valence-corrected chi connectivity index (χ0v) is 11.9. The van der Waals surface area contributed by atoms with Gasteiger partial charge in [0.25, 0.3) is 0 Å². The molecule has 0 radical (unpaired) electrons. The van der Waals surface area contributed by atoms with Gasteiger partial charge in [-0.05, 0) is 43.8 Å². The van der Waals surface area contributed by atoms with E-state index >= 15 is 0 Å². The summed E-state index contributed by atoms with van der Waals surface area (Å²) in [5.74, 6) is 0.905. The lowest BCUT2D eigenvalue weighted by Gasteiger charge is -2.16. The van der Waals surface area contributed by atoms with Crippen LogP contribution in [0.15, 0.2) is 47.3 Å². The molecule has 0 aliphatic heterocycles. The second-order valence-electron chi connectivity index (χ2n) is 4.90. The van der Waals surface area contributed by atoms with Crippen molar-refractivity contribution in [3.8, 4) is 5.75 Å². The fraction of sp³-hybridized carbons (Fsp3) is 0.375. The van der Waals surface area contributed by atoms with Crippen molar-refractivity contribution in [2.45, 2.75) is 13.0 Å². The van der Waals surface area contributed by atoms with Crippen LogP contribution < -0.4 is 10.5 Å². The van der Waals surface area contributed by atoms with Gasteiger partial charge in [-0.2, -0.15) is 0 Å². The highest BCUT2D eigenvalue weighted by atomic mass is 16.5. The molecule has 0 spiro atoms. The van der Waals surface area contributed by atoms with Gasteiger partial charge in [0.2, 0.25) is 0 Å². The number of rotatable bonds is 8. The van der Waals surface area contributed by atoms with Crippen molar-refractivity contribution in [2.75, 3.05) is 26.7 Å². The Morgan fingerprint density at radius 1 is 1.15 bits per heavy atom. The van der Waals surface area contributed by atoms with Crippen LogP contribution in [0.1, 0.15) is 11.1 Å². The Bertz CT molecular complexity index is 480. The predicted octanol–water partition coefficient (Wildman–Crippen LogP) is 2.29. The molecular weight excluding hydrogens is 252 g/mol. The fourth-order valence-corrected chi connectivity index (χ4v) is 2.01. The van der Waals surface area contributed by atoms with Gasteiger partial charge in [-0.15, -0.1) is 0 Å². The average molecular weight is 274 g/mol. The number of benzene rings is 1. The van der Waals surface area contributed by atoms with E-state index in [2.05, 4.69) is 24.1 Å². The van der Waals surface area contributed by atoms with Crippen molar-refractivity contribution in [1.29, 1.82) is 0 Å². The summed E-state index contributed by atoms with van der Waals surface area (Å²) in [6.07, 6.45) is 4.38. The quantitative estimate of drug-likeness (QED) is 0.802. The molecule has 0 amide bonds. The Morgan fingerprint density at radius 3 is 2.60 bits per heavy atom. The Balaban J connectivity index is 1.69. The van der Waals surface area contributed by atoms with E-state index < -0.39 is 0 Å². The number of nitrogens with two attached hydrogens (primary N) is 1. The fourth-order valence-electron chi connectivity index (χ4n) is 2.01. The standard InChI is InChI=1S/C16H22N2O2/c1-18(12-15-7-10-19-13-15)9-11-20-16-4-2-14(3-5-16)6-8-17/h2-5,7,10,13H,6,8-9,11-12,17H2,1H3. The summed E-state index contributed by atoms with van der Waals surface area (Å²) in [4.78, 5) is 2.20. The third-order valence-electron chi connectivity index (χ3n) is 3.13.